The molecule has 1 heterocycles. The third-order valence-electron chi connectivity index (χ3n) is 4.27. The number of ether oxygens (including phenoxy) is 1. The number of hydrogen-bond acceptors (Lipinski definition) is 3. The second-order valence-electron chi connectivity index (χ2n) is 7.24. The molecule has 0 N–H and O–H groups in total. The van der Waals surface area contributed by atoms with Gasteiger partial charge < -0.3 is 4.74 Å². The van der Waals surface area contributed by atoms with E-state index in [1.807, 2.05) is 36.4 Å². The van der Waals surface area contributed by atoms with Gasteiger partial charge in [0, 0.05) is 18.4 Å². The molecule has 0 unspecified atom stereocenters. The first kappa shape index (κ1) is 17.2. The monoisotopic (exact) mass is 336 g/mol. The van der Waals surface area contributed by atoms with Crippen LogP contribution in [0, 0.1) is 0 Å². The molecular formula is C21H24N2O2. The van der Waals surface area contributed by atoms with Gasteiger partial charge >= 0.3 is 0 Å². The molecule has 0 saturated carbocycles. The van der Waals surface area contributed by atoms with Gasteiger partial charge in [0.25, 0.3) is 5.56 Å². The molecular weight excluding hydrogens is 312 g/mol. The van der Waals surface area contributed by atoms with Crippen molar-refractivity contribution >= 4 is 10.8 Å². The topological polar surface area (TPSA) is 44.1 Å². The van der Waals surface area contributed by atoms with Crippen LogP contribution in [0.25, 0.3) is 10.8 Å². The Labute approximate surface area is 148 Å². The van der Waals surface area contributed by atoms with Crippen LogP contribution in [0.3, 0.4) is 0 Å². The molecule has 25 heavy (non-hydrogen) atoms. The maximum Gasteiger partial charge on any atom is 0.274 e. The lowest BCUT2D eigenvalue weighted by Crippen LogP contribution is -2.23. The van der Waals surface area contributed by atoms with Crippen molar-refractivity contribution in [2.45, 2.75) is 39.2 Å². The Morgan fingerprint density at radius 3 is 2.48 bits per heavy atom. The highest BCUT2D eigenvalue weighted by atomic mass is 16.5. The fraction of sp³-hybridized carbons (Fsp3) is 0.333. The Morgan fingerprint density at radius 1 is 1.04 bits per heavy atom. The van der Waals surface area contributed by atoms with Gasteiger partial charge in [-0.15, -0.1) is 0 Å². The largest absolute Gasteiger partial charge is 0.494 e. The third kappa shape index (κ3) is 4.08. The minimum atomic E-state index is -0.0485. The minimum absolute atomic E-state index is 0.0485. The van der Waals surface area contributed by atoms with E-state index in [1.54, 1.807) is 6.20 Å². The Balaban J connectivity index is 1.57. The smallest absolute Gasteiger partial charge is 0.274 e. The van der Waals surface area contributed by atoms with Gasteiger partial charge in [0.15, 0.2) is 0 Å². The third-order valence-corrected chi connectivity index (χ3v) is 4.27. The minimum Gasteiger partial charge on any atom is -0.494 e. The van der Waals surface area contributed by atoms with E-state index in [-0.39, 0.29) is 11.0 Å². The molecule has 0 spiro atoms. The van der Waals surface area contributed by atoms with Crippen LogP contribution in [0.5, 0.6) is 5.75 Å². The van der Waals surface area contributed by atoms with Gasteiger partial charge in [0.2, 0.25) is 0 Å². The number of rotatable bonds is 5. The molecule has 0 radical (unpaired) electrons. The summed E-state index contributed by atoms with van der Waals surface area (Å²) in [5.41, 5.74) is 1.38. The van der Waals surface area contributed by atoms with E-state index in [0.717, 1.165) is 17.6 Å². The number of benzene rings is 2. The van der Waals surface area contributed by atoms with Crippen molar-refractivity contribution in [3.63, 3.8) is 0 Å². The van der Waals surface area contributed by atoms with Crippen LogP contribution in [-0.4, -0.2) is 16.4 Å². The lowest BCUT2D eigenvalue weighted by Gasteiger charge is -2.19. The lowest BCUT2D eigenvalue weighted by molar-refractivity contribution is 0.297. The molecule has 3 rings (SSSR count). The van der Waals surface area contributed by atoms with Crippen molar-refractivity contribution in [3.05, 3.63) is 70.6 Å². The number of nitrogens with zero attached hydrogens (tertiary/aromatic N) is 2. The van der Waals surface area contributed by atoms with Crippen molar-refractivity contribution in [1.82, 2.24) is 9.78 Å². The average Bonchev–Trinajstić information content (AvgIpc) is 2.60. The molecule has 0 aliphatic carbocycles. The summed E-state index contributed by atoms with van der Waals surface area (Å²) in [5, 5.41) is 5.82. The van der Waals surface area contributed by atoms with Crippen molar-refractivity contribution in [2.24, 2.45) is 0 Å². The molecule has 0 aliphatic rings. The molecule has 4 heteroatoms. The predicted octanol–water partition coefficient (Wildman–Crippen LogP) is 4.16. The van der Waals surface area contributed by atoms with Gasteiger partial charge in [-0.1, -0.05) is 51.1 Å². The lowest BCUT2D eigenvalue weighted by atomic mass is 9.87. The first-order valence-electron chi connectivity index (χ1n) is 8.63. The van der Waals surface area contributed by atoms with Gasteiger partial charge in [0.05, 0.1) is 18.2 Å². The highest BCUT2D eigenvalue weighted by Gasteiger charge is 2.12. The average molecular weight is 336 g/mol. The van der Waals surface area contributed by atoms with Gasteiger partial charge in [-0.25, -0.2) is 4.68 Å². The first-order valence-corrected chi connectivity index (χ1v) is 8.63. The SMILES string of the molecule is CC(C)(C)c1ccc(OCCCn2ncc3ccccc3c2=O)cc1. The summed E-state index contributed by atoms with van der Waals surface area (Å²) in [6.45, 7) is 7.67. The van der Waals surface area contributed by atoms with Crippen LogP contribution in [0.1, 0.15) is 32.8 Å². The van der Waals surface area contributed by atoms with E-state index < -0.39 is 0 Å². The zero-order chi connectivity index (χ0) is 17.9. The fourth-order valence-corrected chi connectivity index (χ4v) is 2.74. The van der Waals surface area contributed by atoms with Crippen LogP contribution >= 0.6 is 0 Å². The molecule has 0 aliphatic heterocycles. The molecule has 0 atom stereocenters. The van der Waals surface area contributed by atoms with E-state index >= 15 is 0 Å². The second-order valence-corrected chi connectivity index (χ2v) is 7.24. The van der Waals surface area contributed by atoms with E-state index in [4.69, 9.17) is 4.74 Å². The maximum atomic E-state index is 12.4. The summed E-state index contributed by atoms with van der Waals surface area (Å²) in [6, 6.07) is 15.7. The summed E-state index contributed by atoms with van der Waals surface area (Å²) in [4.78, 5) is 12.4. The molecule has 0 saturated heterocycles. The zero-order valence-corrected chi connectivity index (χ0v) is 15.0. The Bertz CT molecular complexity index is 906. The Hall–Kier alpha value is -2.62. The Morgan fingerprint density at radius 2 is 1.76 bits per heavy atom. The molecule has 4 nitrogen and oxygen atoms in total. The van der Waals surface area contributed by atoms with Crippen molar-refractivity contribution in [1.29, 1.82) is 0 Å². The highest BCUT2D eigenvalue weighted by molar-refractivity contribution is 5.80. The maximum absolute atomic E-state index is 12.4. The van der Waals surface area contributed by atoms with Crippen LogP contribution in [0.4, 0.5) is 0 Å². The van der Waals surface area contributed by atoms with Crippen molar-refractivity contribution < 1.29 is 4.74 Å². The molecule has 1 aromatic heterocycles. The number of hydrogen-bond donors (Lipinski definition) is 0. The summed E-state index contributed by atoms with van der Waals surface area (Å²) < 4.78 is 7.29. The summed E-state index contributed by atoms with van der Waals surface area (Å²) in [6.07, 6.45) is 2.47. The highest BCUT2D eigenvalue weighted by Crippen LogP contribution is 2.24. The van der Waals surface area contributed by atoms with Crippen LogP contribution in [0.2, 0.25) is 0 Å². The van der Waals surface area contributed by atoms with Crippen molar-refractivity contribution in [2.75, 3.05) is 6.61 Å². The quantitative estimate of drug-likeness (QED) is 0.657. The normalized spacial score (nSPS) is 11.6. The van der Waals surface area contributed by atoms with Crippen LogP contribution < -0.4 is 10.3 Å². The van der Waals surface area contributed by atoms with Gasteiger partial charge in [-0.2, -0.15) is 5.10 Å². The first-order chi connectivity index (χ1) is 11.9. The van der Waals surface area contributed by atoms with Gasteiger partial charge in [-0.05, 0) is 29.2 Å². The molecule has 2 aromatic carbocycles. The number of fused-ring (bicyclic) bond motifs is 1. The van der Waals surface area contributed by atoms with E-state index in [0.29, 0.717) is 18.5 Å². The van der Waals surface area contributed by atoms with E-state index in [1.165, 1.54) is 10.2 Å². The van der Waals surface area contributed by atoms with E-state index in [2.05, 4.69) is 38.0 Å². The summed E-state index contributed by atoms with van der Waals surface area (Å²) >= 11 is 0. The Kier molecular flexibility index (Phi) is 4.88. The van der Waals surface area contributed by atoms with Gasteiger partial charge in [-0.3, -0.25) is 4.79 Å². The van der Waals surface area contributed by atoms with Gasteiger partial charge in [0.1, 0.15) is 5.75 Å². The summed E-state index contributed by atoms with van der Waals surface area (Å²) in [7, 11) is 0. The number of aromatic nitrogens is 2. The van der Waals surface area contributed by atoms with Crippen molar-refractivity contribution in [3.8, 4) is 5.75 Å². The zero-order valence-electron chi connectivity index (χ0n) is 15.0. The predicted molar refractivity (Wildman–Crippen MR) is 101 cm³/mol. The molecule has 130 valence electrons. The number of aryl methyl sites for hydroxylation is 1. The fourth-order valence-electron chi connectivity index (χ4n) is 2.74. The second kappa shape index (κ2) is 7.09. The van der Waals surface area contributed by atoms with E-state index in [9.17, 15) is 4.79 Å². The van der Waals surface area contributed by atoms with Crippen LogP contribution in [-0.2, 0) is 12.0 Å². The molecule has 0 bridgehead atoms. The molecule has 3 aromatic rings. The molecule has 0 amide bonds. The van der Waals surface area contributed by atoms with Crippen LogP contribution in [0.15, 0.2) is 59.5 Å². The summed E-state index contributed by atoms with van der Waals surface area (Å²) in [5.74, 6) is 0.854. The standard InChI is InChI=1S/C21H24N2O2/c1-21(2,3)17-9-11-18(12-10-17)25-14-6-13-23-20(24)19-8-5-4-7-16(19)15-22-23/h4-5,7-12,15H,6,13-14H2,1-3H3. The molecule has 0 fully saturated rings.